The minimum Gasteiger partial charge on any atom is -0.0622 e. The van der Waals surface area contributed by atoms with Crippen LogP contribution in [0.5, 0.6) is 0 Å². The van der Waals surface area contributed by atoms with Crippen LogP contribution in [0.4, 0.5) is 0 Å². The van der Waals surface area contributed by atoms with Gasteiger partial charge in [-0.25, -0.2) is 0 Å². The van der Waals surface area contributed by atoms with Crippen LogP contribution in [0.2, 0.25) is 0 Å². The SMILES string of the molecule is CC1(C)c2cc(-c3ccc(P(c4cccc(-c5ccccc5)c4)c4cccc(-c5ccccc5)c4)cc3)ccc2-c2c1cc1c3c(cccc23)-c2ccccc2-1. The highest BCUT2D eigenvalue weighted by molar-refractivity contribution is 7.79. The summed E-state index contributed by atoms with van der Waals surface area (Å²) in [5.74, 6) is 0. The molecule has 0 heterocycles. The standard InChI is InChI=1S/C55H39P/c1-55(2)51-34-41(28-31-48(51)54-49-25-13-24-47-45-22-9-10-23-46(45)50(53(47)49)35-52(54)55)38-26-29-42(30-27-38)56(43-20-11-18-39(32-43)36-14-5-3-6-15-36)44-21-12-19-40(33-44)37-16-7-4-8-17-37/h3-35H,1-2H3. The fourth-order valence-corrected chi connectivity index (χ4v) is 11.8. The van der Waals surface area contributed by atoms with Crippen LogP contribution in [0, 0.1) is 0 Å². The smallest absolute Gasteiger partial charge is 0.0159 e. The molecule has 9 aromatic rings. The summed E-state index contributed by atoms with van der Waals surface area (Å²) in [5, 5.41) is 6.81. The summed E-state index contributed by atoms with van der Waals surface area (Å²) in [6, 6.07) is 74.8. The van der Waals surface area contributed by atoms with Crippen molar-refractivity contribution in [1.29, 1.82) is 0 Å². The summed E-state index contributed by atoms with van der Waals surface area (Å²) in [5.41, 5.74) is 18.4. The van der Waals surface area contributed by atoms with Gasteiger partial charge in [0, 0.05) is 5.41 Å². The first-order chi connectivity index (χ1) is 27.5. The van der Waals surface area contributed by atoms with Crippen LogP contribution in [0.1, 0.15) is 25.0 Å². The van der Waals surface area contributed by atoms with Crippen molar-refractivity contribution in [3.63, 3.8) is 0 Å². The van der Waals surface area contributed by atoms with Crippen molar-refractivity contribution in [2.75, 3.05) is 0 Å². The monoisotopic (exact) mass is 730 g/mol. The molecule has 9 aromatic carbocycles. The van der Waals surface area contributed by atoms with E-state index >= 15 is 0 Å². The Kier molecular flexibility index (Phi) is 7.60. The number of rotatable bonds is 6. The van der Waals surface area contributed by atoms with E-state index in [1.54, 1.807) is 0 Å². The second-order valence-corrected chi connectivity index (χ2v) is 17.9. The van der Waals surface area contributed by atoms with Crippen LogP contribution in [0.3, 0.4) is 0 Å². The molecule has 264 valence electrons. The summed E-state index contributed by atoms with van der Waals surface area (Å²) in [4.78, 5) is 0. The maximum absolute atomic E-state index is 2.50. The number of hydrogen-bond donors (Lipinski definition) is 0. The minimum atomic E-state index is -0.828. The van der Waals surface area contributed by atoms with Gasteiger partial charge in [0.15, 0.2) is 0 Å². The van der Waals surface area contributed by atoms with E-state index in [2.05, 4.69) is 214 Å². The average molecular weight is 731 g/mol. The zero-order valence-electron chi connectivity index (χ0n) is 31.5. The number of benzene rings is 9. The third kappa shape index (κ3) is 5.17. The second kappa shape index (κ2) is 12.9. The fourth-order valence-electron chi connectivity index (χ4n) is 9.42. The van der Waals surface area contributed by atoms with Crippen molar-refractivity contribution in [1.82, 2.24) is 0 Å². The molecular weight excluding hydrogens is 692 g/mol. The quantitative estimate of drug-likeness (QED) is 0.149. The van der Waals surface area contributed by atoms with E-state index in [-0.39, 0.29) is 5.41 Å². The molecule has 0 aliphatic heterocycles. The van der Waals surface area contributed by atoms with Crippen molar-refractivity contribution in [3.8, 4) is 66.8 Å². The van der Waals surface area contributed by atoms with E-state index in [0.717, 1.165) is 0 Å². The lowest BCUT2D eigenvalue weighted by molar-refractivity contribution is 0.661. The Morgan fingerprint density at radius 2 is 0.821 bits per heavy atom. The van der Waals surface area contributed by atoms with Gasteiger partial charge in [0.1, 0.15) is 0 Å². The lowest BCUT2D eigenvalue weighted by atomic mass is 9.80. The van der Waals surface area contributed by atoms with Gasteiger partial charge in [-0.15, -0.1) is 0 Å². The van der Waals surface area contributed by atoms with Crippen LogP contribution in [-0.4, -0.2) is 0 Å². The van der Waals surface area contributed by atoms with Gasteiger partial charge in [0.05, 0.1) is 0 Å². The normalized spacial score (nSPS) is 13.1. The lowest BCUT2D eigenvalue weighted by Crippen LogP contribution is -2.21. The van der Waals surface area contributed by atoms with Crippen molar-refractivity contribution in [3.05, 3.63) is 211 Å². The highest BCUT2D eigenvalue weighted by Gasteiger charge is 2.39. The van der Waals surface area contributed by atoms with Crippen molar-refractivity contribution < 1.29 is 0 Å². The van der Waals surface area contributed by atoms with Crippen LogP contribution < -0.4 is 15.9 Å². The van der Waals surface area contributed by atoms with Crippen molar-refractivity contribution in [2.45, 2.75) is 19.3 Å². The Labute approximate surface area is 330 Å². The summed E-state index contributed by atoms with van der Waals surface area (Å²) in [6.45, 7) is 4.82. The first-order valence-corrected chi connectivity index (χ1v) is 20.9. The molecule has 11 rings (SSSR count). The second-order valence-electron chi connectivity index (χ2n) is 15.7. The number of hydrogen-bond acceptors (Lipinski definition) is 0. The Balaban J connectivity index is 0.998. The molecule has 0 saturated heterocycles. The minimum absolute atomic E-state index is 0.124. The van der Waals surface area contributed by atoms with Crippen LogP contribution in [-0.2, 0) is 5.41 Å². The molecule has 2 aliphatic carbocycles. The van der Waals surface area contributed by atoms with Crippen LogP contribution in [0.25, 0.3) is 77.5 Å². The Hall–Kier alpha value is -6.33. The van der Waals surface area contributed by atoms with E-state index in [9.17, 15) is 0 Å². The molecule has 0 atom stereocenters. The molecule has 2 aliphatic rings. The van der Waals surface area contributed by atoms with E-state index in [0.29, 0.717) is 0 Å². The van der Waals surface area contributed by atoms with E-state index in [4.69, 9.17) is 0 Å². The van der Waals surface area contributed by atoms with Gasteiger partial charge in [0.2, 0.25) is 0 Å². The molecular formula is C55H39P. The molecule has 0 amide bonds. The molecule has 0 bridgehead atoms. The first kappa shape index (κ1) is 33.0. The maximum Gasteiger partial charge on any atom is 0.0159 e. The molecule has 1 heteroatoms. The predicted octanol–water partition coefficient (Wildman–Crippen LogP) is 13.6. The Bertz CT molecular complexity index is 2890. The van der Waals surface area contributed by atoms with E-state index in [1.165, 1.54) is 105 Å². The zero-order chi connectivity index (χ0) is 37.4. The topological polar surface area (TPSA) is 0 Å². The van der Waals surface area contributed by atoms with E-state index < -0.39 is 7.92 Å². The Morgan fingerprint density at radius 3 is 1.46 bits per heavy atom. The summed E-state index contributed by atoms with van der Waals surface area (Å²) in [6.07, 6.45) is 0. The molecule has 0 aromatic heterocycles. The van der Waals surface area contributed by atoms with E-state index in [1.807, 2.05) is 0 Å². The van der Waals surface area contributed by atoms with Crippen LogP contribution in [0.15, 0.2) is 200 Å². The molecule has 0 saturated carbocycles. The summed E-state index contributed by atoms with van der Waals surface area (Å²) in [7, 11) is -0.828. The third-order valence-corrected chi connectivity index (χ3v) is 14.6. The molecule has 56 heavy (non-hydrogen) atoms. The first-order valence-electron chi connectivity index (χ1n) is 19.6. The molecule has 0 radical (unpaired) electrons. The van der Waals surface area contributed by atoms with Gasteiger partial charge in [-0.3, -0.25) is 0 Å². The third-order valence-electron chi connectivity index (χ3n) is 12.2. The van der Waals surface area contributed by atoms with Gasteiger partial charge < -0.3 is 0 Å². The molecule has 0 N–H and O–H groups in total. The molecule has 0 unspecified atom stereocenters. The molecule has 0 fully saturated rings. The van der Waals surface area contributed by atoms with Gasteiger partial charge >= 0.3 is 0 Å². The van der Waals surface area contributed by atoms with Gasteiger partial charge in [0.25, 0.3) is 0 Å². The Morgan fingerprint density at radius 1 is 0.321 bits per heavy atom. The zero-order valence-corrected chi connectivity index (χ0v) is 32.4. The van der Waals surface area contributed by atoms with Gasteiger partial charge in [-0.05, 0) is 137 Å². The summed E-state index contributed by atoms with van der Waals surface area (Å²) >= 11 is 0. The highest BCUT2D eigenvalue weighted by Crippen LogP contribution is 2.57. The largest absolute Gasteiger partial charge is 0.0622 e. The van der Waals surface area contributed by atoms with Crippen molar-refractivity contribution >= 4 is 34.6 Å². The molecule has 0 nitrogen and oxygen atoms in total. The maximum atomic E-state index is 2.50. The van der Waals surface area contributed by atoms with Gasteiger partial charge in [-0.1, -0.05) is 190 Å². The average Bonchev–Trinajstić information content (AvgIpc) is 3.70. The number of fused-ring (bicyclic) bond motifs is 7. The summed E-state index contributed by atoms with van der Waals surface area (Å²) < 4.78 is 0. The van der Waals surface area contributed by atoms with Gasteiger partial charge in [-0.2, -0.15) is 0 Å². The fraction of sp³-hybridized carbons (Fsp3) is 0.0545. The van der Waals surface area contributed by atoms with Crippen molar-refractivity contribution in [2.24, 2.45) is 0 Å². The predicted molar refractivity (Wildman–Crippen MR) is 241 cm³/mol. The lowest BCUT2D eigenvalue weighted by Gasteiger charge is -2.23. The molecule has 0 spiro atoms. The van der Waals surface area contributed by atoms with Crippen LogP contribution >= 0.6 is 7.92 Å². The highest BCUT2D eigenvalue weighted by atomic mass is 31.1.